The third-order valence-electron chi connectivity index (χ3n) is 2.43. The summed E-state index contributed by atoms with van der Waals surface area (Å²) in [6.45, 7) is 5.63. The van der Waals surface area contributed by atoms with E-state index >= 15 is 0 Å². The van der Waals surface area contributed by atoms with Crippen molar-refractivity contribution < 1.29 is 19.4 Å². The Labute approximate surface area is 134 Å². The molecule has 1 rings (SSSR count). The Bertz CT molecular complexity index is 473. The first kappa shape index (κ1) is 17.8. The van der Waals surface area contributed by atoms with E-state index in [-0.39, 0.29) is 13.2 Å². The van der Waals surface area contributed by atoms with Gasteiger partial charge in [-0.1, -0.05) is 22.0 Å². The van der Waals surface area contributed by atoms with E-state index in [1.54, 1.807) is 33.9 Å². The highest BCUT2D eigenvalue weighted by Crippen LogP contribution is 2.18. The van der Waals surface area contributed by atoms with Crippen molar-refractivity contribution in [1.29, 1.82) is 0 Å². The maximum absolute atomic E-state index is 11.8. The second kappa shape index (κ2) is 7.66. The van der Waals surface area contributed by atoms with E-state index in [0.717, 1.165) is 4.47 Å². The summed E-state index contributed by atoms with van der Waals surface area (Å²) in [6, 6.07) is 7.34. The SMILES string of the molecule is CN(C[C@H](O)COc1cccc(Br)c1)C(=O)OC(C)(C)C. The highest BCUT2D eigenvalue weighted by atomic mass is 79.9. The van der Waals surface area contributed by atoms with Crippen LogP contribution in [0.15, 0.2) is 28.7 Å². The number of hydrogen-bond acceptors (Lipinski definition) is 4. The highest BCUT2D eigenvalue weighted by Gasteiger charge is 2.21. The summed E-state index contributed by atoms with van der Waals surface area (Å²) in [6.07, 6.45) is -1.26. The summed E-state index contributed by atoms with van der Waals surface area (Å²) in [4.78, 5) is 13.1. The molecule has 1 N–H and O–H groups in total. The topological polar surface area (TPSA) is 59.0 Å². The van der Waals surface area contributed by atoms with Crippen molar-refractivity contribution in [3.05, 3.63) is 28.7 Å². The molecule has 0 fully saturated rings. The first-order valence-electron chi connectivity index (χ1n) is 6.68. The Morgan fingerprint density at radius 2 is 2.10 bits per heavy atom. The lowest BCUT2D eigenvalue weighted by Gasteiger charge is -2.26. The molecule has 1 amide bonds. The number of hydrogen-bond donors (Lipinski definition) is 1. The molecular formula is C15H22BrNO4. The van der Waals surface area contributed by atoms with Crippen LogP contribution in [0.2, 0.25) is 0 Å². The van der Waals surface area contributed by atoms with Gasteiger partial charge in [-0.25, -0.2) is 4.79 Å². The van der Waals surface area contributed by atoms with Crippen LogP contribution >= 0.6 is 15.9 Å². The second-order valence-electron chi connectivity index (χ2n) is 5.78. The summed E-state index contributed by atoms with van der Waals surface area (Å²) >= 11 is 3.34. The summed E-state index contributed by atoms with van der Waals surface area (Å²) in [5.41, 5.74) is -0.552. The molecule has 1 aromatic carbocycles. The van der Waals surface area contributed by atoms with Gasteiger partial charge in [0.1, 0.15) is 24.1 Å². The van der Waals surface area contributed by atoms with Gasteiger partial charge in [0.2, 0.25) is 0 Å². The predicted octanol–water partition coefficient (Wildman–Crippen LogP) is 3.06. The molecule has 118 valence electrons. The Kier molecular flexibility index (Phi) is 6.48. The monoisotopic (exact) mass is 359 g/mol. The molecule has 0 unspecified atom stereocenters. The summed E-state index contributed by atoms with van der Waals surface area (Å²) in [7, 11) is 1.58. The molecule has 0 spiro atoms. The smallest absolute Gasteiger partial charge is 0.410 e. The quantitative estimate of drug-likeness (QED) is 0.877. The Hall–Kier alpha value is -1.27. The maximum atomic E-state index is 11.8. The third-order valence-corrected chi connectivity index (χ3v) is 2.92. The van der Waals surface area contributed by atoms with E-state index < -0.39 is 17.8 Å². The van der Waals surface area contributed by atoms with Gasteiger partial charge in [-0.15, -0.1) is 0 Å². The van der Waals surface area contributed by atoms with Crippen molar-refractivity contribution in [3.8, 4) is 5.75 Å². The molecule has 0 aliphatic carbocycles. The zero-order valence-corrected chi connectivity index (χ0v) is 14.4. The van der Waals surface area contributed by atoms with E-state index in [1.165, 1.54) is 4.90 Å². The van der Waals surface area contributed by atoms with Crippen LogP contribution in [-0.4, -0.2) is 48.0 Å². The molecule has 0 radical (unpaired) electrons. The predicted molar refractivity (Wildman–Crippen MR) is 84.5 cm³/mol. The largest absolute Gasteiger partial charge is 0.491 e. The minimum atomic E-state index is -0.790. The Morgan fingerprint density at radius 1 is 1.43 bits per heavy atom. The lowest BCUT2D eigenvalue weighted by molar-refractivity contribution is 0.0154. The summed E-state index contributed by atoms with van der Waals surface area (Å²) in [5, 5.41) is 9.91. The minimum Gasteiger partial charge on any atom is -0.491 e. The van der Waals surface area contributed by atoms with E-state index in [4.69, 9.17) is 9.47 Å². The number of likely N-dealkylation sites (N-methyl/N-ethyl adjacent to an activating group) is 1. The first-order chi connectivity index (χ1) is 9.67. The fourth-order valence-corrected chi connectivity index (χ4v) is 1.91. The van der Waals surface area contributed by atoms with Crippen molar-refractivity contribution in [3.63, 3.8) is 0 Å². The van der Waals surface area contributed by atoms with Gasteiger partial charge in [0.15, 0.2) is 0 Å². The minimum absolute atomic E-state index is 0.101. The lowest BCUT2D eigenvalue weighted by atomic mass is 10.2. The molecule has 0 aliphatic rings. The number of ether oxygens (including phenoxy) is 2. The van der Waals surface area contributed by atoms with Gasteiger partial charge in [-0.05, 0) is 39.0 Å². The molecule has 6 heteroatoms. The van der Waals surface area contributed by atoms with Gasteiger partial charge in [-0.3, -0.25) is 0 Å². The van der Waals surface area contributed by atoms with Gasteiger partial charge < -0.3 is 19.5 Å². The van der Waals surface area contributed by atoms with Gasteiger partial charge in [-0.2, -0.15) is 0 Å². The van der Waals surface area contributed by atoms with E-state index in [9.17, 15) is 9.90 Å². The number of amides is 1. The van der Waals surface area contributed by atoms with Crippen LogP contribution in [0.4, 0.5) is 4.79 Å². The normalized spacial score (nSPS) is 12.7. The molecule has 5 nitrogen and oxygen atoms in total. The maximum Gasteiger partial charge on any atom is 0.410 e. The van der Waals surface area contributed by atoms with Crippen molar-refractivity contribution in [1.82, 2.24) is 4.90 Å². The third kappa shape index (κ3) is 7.34. The second-order valence-corrected chi connectivity index (χ2v) is 6.70. The molecule has 1 aromatic rings. The van der Waals surface area contributed by atoms with Crippen molar-refractivity contribution in [2.45, 2.75) is 32.5 Å². The van der Waals surface area contributed by atoms with Crippen LogP contribution < -0.4 is 4.74 Å². The Balaban J connectivity index is 2.39. The van der Waals surface area contributed by atoms with Crippen molar-refractivity contribution in [2.75, 3.05) is 20.2 Å². The molecule has 1 atom stereocenters. The summed E-state index contributed by atoms with van der Waals surface area (Å²) < 4.78 is 11.6. The van der Waals surface area contributed by atoms with Crippen molar-refractivity contribution in [2.24, 2.45) is 0 Å². The van der Waals surface area contributed by atoms with E-state index in [0.29, 0.717) is 5.75 Å². The van der Waals surface area contributed by atoms with Gasteiger partial charge in [0, 0.05) is 11.5 Å². The molecule has 0 saturated heterocycles. The summed E-state index contributed by atoms with van der Waals surface area (Å²) in [5.74, 6) is 0.656. The van der Waals surface area contributed by atoms with Gasteiger partial charge in [0.25, 0.3) is 0 Å². The number of aliphatic hydroxyl groups excluding tert-OH is 1. The number of carbonyl (C=O) groups is 1. The number of halogens is 1. The van der Waals surface area contributed by atoms with Crippen LogP contribution in [0.25, 0.3) is 0 Å². The van der Waals surface area contributed by atoms with E-state index in [2.05, 4.69) is 15.9 Å². The fraction of sp³-hybridized carbons (Fsp3) is 0.533. The van der Waals surface area contributed by atoms with Crippen LogP contribution in [-0.2, 0) is 4.74 Å². The molecule has 21 heavy (non-hydrogen) atoms. The average Bonchev–Trinajstić information content (AvgIpc) is 2.34. The van der Waals surface area contributed by atoms with Crippen LogP contribution in [0.3, 0.4) is 0 Å². The molecule has 0 heterocycles. The number of benzene rings is 1. The number of carbonyl (C=O) groups excluding carboxylic acids is 1. The van der Waals surface area contributed by atoms with Gasteiger partial charge >= 0.3 is 6.09 Å². The molecule has 0 bridgehead atoms. The lowest BCUT2D eigenvalue weighted by Crippen LogP contribution is -2.40. The van der Waals surface area contributed by atoms with Crippen LogP contribution in [0, 0.1) is 0 Å². The van der Waals surface area contributed by atoms with Crippen LogP contribution in [0.5, 0.6) is 5.75 Å². The zero-order chi connectivity index (χ0) is 16.0. The number of nitrogens with zero attached hydrogens (tertiary/aromatic N) is 1. The fourth-order valence-electron chi connectivity index (χ4n) is 1.53. The average molecular weight is 360 g/mol. The first-order valence-corrected chi connectivity index (χ1v) is 7.47. The Morgan fingerprint density at radius 3 is 2.67 bits per heavy atom. The van der Waals surface area contributed by atoms with E-state index in [1.807, 2.05) is 18.2 Å². The molecular weight excluding hydrogens is 338 g/mol. The highest BCUT2D eigenvalue weighted by molar-refractivity contribution is 9.10. The van der Waals surface area contributed by atoms with Gasteiger partial charge in [0.05, 0.1) is 6.54 Å². The number of aliphatic hydroxyl groups is 1. The molecule has 0 saturated carbocycles. The zero-order valence-electron chi connectivity index (χ0n) is 12.8. The van der Waals surface area contributed by atoms with Crippen LogP contribution in [0.1, 0.15) is 20.8 Å². The molecule has 0 aliphatic heterocycles. The molecule has 0 aromatic heterocycles. The number of rotatable bonds is 5. The standard InChI is InChI=1S/C15H22BrNO4/c1-15(2,3)21-14(19)17(4)9-12(18)10-20-13-7-5-6-11(16)8-13/h5-8,12,18H,9-10H2,1-4H3/t12-/m0/s1. The van der Waals surface area contributed by atoms with Crippen molar-refractivity contribution >= 4 is 22.0 Å².